The number of hydrogen-bond donors (Lipinski definition) is 1. The molecule has 0 aliphatic rings. The van der Waals surface area contributed by atoms with E-state index in [1.54, 1.807) is 11.3 Å². The number of H-pyrrole nitrogens is 1. The molecule has 3 nitrogen and oxygen atoms in total. The Kier molecular flexibility index (Phi) is 2.11. The lowest BCUT2D eigenvalue weighted by molar-refractivity contribution is 0.341. The molecular formula is C12H12N2OS. The number of aryl methyl sites for hydroxylation is 1. The van der Waals surface area contributed by atoms with Crippen LogP contribution >= 0.6 is 11.3 Å². The van der Waals surface area contributed by atoms with E-state index in [4.69, 9.17) is 4.74 Å². The van der Waals surface area contributed by atoms with Gasteiger partial charge in [0.05, 0.1) is 11.6 Å². The van der Waals surface area contributed by atoms with Gasteiger partial charge >= 0.3 is 0 Å². The van der Waals surface area contributed by atoms with Gasteiger partial charge in [-0.1, -0.05) is 0 Å². The number of ether oxygens (including phenoxy) is 1. The number of fused-ring (bicyclic) bond motifs is 3. The average Bonchev–Trinajstić information content (AvgIpc) is 2.75. The van der Waals surface area contributed by atoms with Crippen LogP contribution in [0.2, 0.25) is 0 Å². The van der Waals surface area contributed by atoms with Gasteiger partial charge in [-0.25, -0.2) is 4.98 Å². The van der Waals surface area contributed by atoms with Gasteiger partial charge in [0.15, 0.2) is 0 Å². The molecule has 1 N–H and O–H groups in total. The molecule has 0 saturated heterocycles. The number of hydrogen-bond acceptors (Lipinski definition) is 3. The molecule has 1 aromatic carbocycles. The predicted octanol–water partition coefficient (Wildman–Crippen LogP) is 3.48. The van der Waals surface area contributed by atoms with E-state index >= 15 is 0 Å². The zero-order chi connectivity index (χ0) is 11.1. The third-order valence-electron chi connectivity index (χ3n) is 2.54. The highest BCUT2D eigenvalue weighted by Gasteiger charge is 2.09. The summed E-state index contributed by atoms with van der Waals surface area (Å²) < 4.78 is 5.50. The Labute approximate surface area is 97.1 Å². The Morgan fingerprint density at radius 3 is 3.12 bits per heavy atom. The van der Waals surface area contributed by atoms with Crippen LogP contribution in [0.4, 0.5) is 0 Å². The predicted molar refractivity (Wildman–Crippen MR) is 67.4 cm³/mol. The van der Waals surface area contributed by atoms with Crippen molar-refractivity contribution in [2.24, 2.45) is 0 Å². The van der Waals surface area contributed by atoms with E-state index in [0.29, 0.717) is 6.61 Å². The van der Waals surface area contributed by atoms with Crippen LogP contribution in [-0.4, -0.2) is 16.6 Å². The average molecular weight is 232 g/mol. The second kappa shape index (κ2) is 3.49. The van der Waals surface area contributed by atoms with E-state index in [-0.39, 0.29) is 0 Å². The normalized spacial score (nSPS) is 11.4. The lowest BCUT2D eigenvalue weighted by atomic mass is 10.2. The molecule has 0 bridgehead atoms. The fraction of sp³-hybridized carbons (Fsp3) is 0.250. The summed E-state index contributed by atoms with van der Waals surface area (Å²) in [6, 6.07) is 6.08. The van der Waals surface area contributed by atoms with Gasteiger partial charge in [0.1, 0.15) is 16.1 Å². The molecule has 3 aromatic rings. The van der Waals surface area contributed by atoms with Crippen LogP contribution in [0.25, 0.3) is 21.3 Å². The number of nitrogens with one attached hydrogen (secondary N) is 1. The summed E-state index contributed by atoms with van der Waals surface area (Å²) in [6.45, 7) is 4.70. The maximum atomic E-state index is 5.50. The molecule has 0 radical (unpaired) electrons. The van der Waals surface area contributed by atoms with E-state index < -0.39 is 0 Å². The van der Waals surface area contributed by atoms with E-state index in [1.807, 2.05) is 26.0 Å². The molecule has 0 spiro atoms. The van der Waals surface area contributed by atoms with Crippen molar-refractivity contribution in [1.82, 2.24) is 9.97 Å². The highest BCUT2D eigenvalue weighted by Crippen LogP contribution is 2.31. The number of rotatable bonds is 2. The summed E-state index contributed by atoms with van der Waals surface area (Å²) >= 11 is 1.69. The van der Waals surface area contributed by atoms with Gasteiger partial charge in [-0.2, -0.15) is 0 Å². The van der Waals surface area contributed by atoms with Crippen molar-refractivity contribution in [3.8, 4) is 5.75 Å². The zero-order valence-electron chi connectivity index (χ0n) is 9.20. The number of thiazole rings is 1. The molecule has 16 heavy (non-hydrogen) atoms. The zero-order valence-corrected chi connectivity index (χ0v) is 10.0. The van der Waals surface area contributed by atoms with Crippen LogP contribution in [0.15, 0.2) is 18.2 Å². The minimum Gasteiger partial charge on any atom is -0.494 e. The maximum Gasteiger partial charge on any atom is 0.121 e. The van der Waals surface area contributed by atoms with E-state index in [1.165, 1.54) is 0 Å². The summed E-state index contributed by atoms with van der Waals surface area (Å²) in [6.07, 6.45) is 0. The second-order valence-electron chi connectivity index (χ2n) is 3.68. The summed E-state index contributed by atoms with van der Waals surface area (Å²) in [5.74, 6) is 0.904. The van der Waals surface area contributed by atoms with Crippen LogP contribution in [0.5, 0.6) is 5.75 Å². The van der Waals surface area contributed by atoms with Crippen LogP contribution < -0.4 is 4.74 Å². The first-order valence-electron chi connectivity index (χ1n) is 5.29. The summed E-state index contributed by atoms with van der Waals surface area (Å²) in [5.41, 5.74) is 2.18. The van der Waals surface area contributed by atoms with Crippen LogP contribution in [0, 0.1) is 6.92 Å². The van der Waals surface area contributed by atoms with Crippen LogP contribution in [-0.2, 0) is 0 Å². The minimum atomic E-state index is 0.690. The first-order chi connectivity index (χ1) is 7.78. The molecule has 0 aliphatic heterocycles. The Morgan fingerprint density at radius 1 is 1.44 bits per heavy atom. The largest absolute Gasteiger partial charge is 0.494 e. The van der Waals surface area contributed by atoms with Crippen LogP contribution in [0.1, 0.15) is 11.9 Å². The van der Waals surface area contributed by atoms with Gasteiger partial charge in [0.25, 0.3) is 0 Å². The molecule has 3 rings (SSSR count). The van der Waals surface area contributed by atoms with Crippen LogP contribution in [0.3, 0.4) is 0 Å². The molecule has 0 atom stereocenters. The van der Waals surface area contributed by atoms with Gasteiger partial charge in [-0.3, -0.25) is 0 Å². The van der Waals surface area contributed by atoms with Crippen molar-refractivity contribution in [2.75, 3.05) is 6.61 Å². The molecule has 0 fully saturated rings. The van der Waals surface area contributed by atoms with Gasteiger partial charge in [0, 0.05) is 10.9 Å². The quantitative estimate of drug-likeness (QED) is 0.734. The smallest absolute Gasteiger partial charge is 0.121 e. The third kappa shape index (κ3) is 1.38. The highest BCUT2D eigenvalue weighted by molar-refractivity contribution is 7.18. The molecule has 0 amide bonds. The van der Waals surface area contributed by atoms with Gasteiger partial charge in [-0.05, 0) is 32.0 Å². The van der Waals surface area contributed by atoms with Gasteiger partial charge < -0.3 is 9.72 Å². The van der Waals surface area contributed by atoms with Crippen molar-refractivity contribution in [2.45, 2.75) is 13.8 Å². The Hall–Kier alpha value is -1.55. The number of aromatic nitrogens is 2. The Morgan fingerprint density at radius 2 is 2.31 bits per heavy atom. The molecule has 2 aromatic heterocycles. The van der Waals surface area contributed by atoms with E-state index in [9.17, 15) is 0 Å². The number of benzene rings is 1. The Bertz CT molecular complexity index is 653. The topological polar surface area (TPSA) is 37.9 Å². The summed E-state index contributed by atoms with van der Waals surface area (Å²) in [7, 11) is 0. The highest BCUT2D eigenvalue weighted by atomic mass is 32.1. The summed E-state index contributed by atoms with van der Waals surface area (Å²) in [4.78, 5) is 9.04. The first-order valence-corrected chi connectivity index (χ1v) is 6.11. The molecule has 4 heteroatoms. The number of nitrogens with zero attached hydrogens (tertiary/aromatic N) is 1. The van der Waals surface area contributed by atoms with E-state index in [0.717, 1.165) is 32.0 Å². The lowest BCUT2D eigenvalue weighted by Crippen LogP contribution is -1.90. The lowest BCUT2D eigenvalue weighted by Gasteiger charge is -2.01. The molecule has 82 valence electrons. The van der Waals surface area contributed by atoms with Crippen molar-refractivity contribution < 1.29 is 4.74 Å². The van der Waals surface area contributed by atoms with Crippen molar-refractivity contribution >= 4 is 32.6 Å². The molecular weight excluding hydrogens is 220 g/mol. The minimum absolute atomic E-state index is 0.690. The van der Waals surface area contributed by atoms with Crippen molar-refractivity contribution in [1.29, 1.82) is 0 Å². The molecule has 0 saturated carbocycles. The Balaban J connectivity index is 2.29. The van der Waals surface area contributed by atoms with Crippen molar-refractivity contribution in [3.63, 3.8) is 0 Å². The SMILES string of the molecule is CCOc1ccc2[nH]c3sc(C)nc3c2c1. The van der Waals surface area contributed by atoms with E-state index in [2.05, 4.69) is 16.0 Å². The summed E-state index contributed by atoms with van der Waals surface area (Å²) in [5, 5.41) is 2.23. The van der Waals surface area contributed by atoms with Gasteiger partial charge in [-0.15, -0.1) is 11.3 Å². The third-order valence-corrected chi connectivity index (χ3v) is 3.43. The van der Waals surface area contributed by atoms with Gasteiger partial charge in [0.2, 0.25) is 0 Å². The number of aromatic amines is 1. The standard InChI is InChI=1S/C12H12N2OS/c1-3-15-8-4-5-10-9(6-8)11-12(14-10)16-7(2)13-11/h4-6,14H,3H2,1-2H3. The first kappa shape index (κ1) is 9.66. The fourth-order valence-corrected chi connectivity index (χ4v) is 2.75. The maximum absolute atomic E-state index is 5.50. The molecule has 0 unspecified atom stereocenters. The second-order valence-corrected chi connectivity index (χ2v) is 4.88. The molecule has 0 aliphatic carbocycles. The van der Waals surface area contributed by atoms with Crippen molar-refractivity contribution in [3.05, 3.63) is 23.2 Å². The fourth-order valence-electron chi connectivity index (χ4n) is 1.90. The monoisotopic (exact) mass is 232 g/mol. The molecule has 2 heterocycles.